The van der Waals surface area contributed by atoms with Gasteiger partial charge in [0, 0.05) is 0 Å². The fourth-order valence-corrected chi connectivity index (χ4v) is 4.86. The zero-order valence-corrected chi connectivity index (χ0v) is 13.6. The van der Waals surface area contributed by atoms with Crippen molar-refractivity contribution in [2.45, 2.75) is 6.92 Å². The van der Waals surface area contributed by atoms with E-state index in [9.17, 15) is 0 Å². The molecule has 0 aromatic heterocycles. The van der Waals surface area contributed by atoms with Crippen LogP contribution in [0.5, 0.6) is 0 Å². The Morgan fingerprint density at radius 3 is 2.52 bits per heavy atom. The maximum absolute atomic E-state index is 4.83. The standard InChI is InChI=1S/C19H14AsN/c1-13-7-9-16-19(11-13)21-18-10-8-15(12-17(18)20-16)14-5-3-2-4-6-14/h2-12H,1H3. The van der Waals surface area contributed by atoms with Gasteiger partial charge in [0.1, 0.15) is 0 Å². The van der Waals surface area contributed by atoms with E-state index in [4.69, 9.17) is 4.99 Å². The quantitative estimate of drug-likeness (QED) is 0.475. The predicted octanol–water partition coefficient (Wildman–Crippen LogP) is 3.21. The van der Waals surface area contributed by atoms with E-state index in [1.165, 1.54) is 25.0 Å². The summed E-state index contributed by atoms with van der Waals surface area (Å²) in [6.07, 6.45) is 0. The summed E-state index contributed by atoms with van der Waals surface area (Å²) in [5.41, 5.74) is 4.99. The molecule has 21 heavy (non-hydrogen) atoms. The second-order valence-electron chi connectivity index (χ2n) is 5.29. The summed E-state index contributed by atoms with van der Waals surface area (Å²) in [6, 6.07) is 23.8. The Morgan fingerprint density at radius 2 is 1.67 bits per heavy atom. The third-order valence-corrected chi connectivity index (χ3v) is 6.25. The van der Waals surface area contributed by atoms with Crippen LogP contribution < -0.4 is 9.71 Å². The number of benzene rings is 3. The van der Waals surface area contributed by atoms with Gasteiger partial charge in [0.25, 0.3) is 0 Å². The van der Waals surface area contributed by atoms with Gasteiger partial charge in [-0.3, -0.25) is 0 Å². The fraction of sp³-hybridized carbons (Fsp3) is 0.0526. The van der Waals surface area contributed by atoms with Crippen LogP contribution in [0.25, 0.3) is 11.1 Å². The van der Waals surface area contributed by atoms with Gasteiger partial charge >= 0.3 is 130 Å². The summed E-state index contributed by atoms with van der Waals surface area (Å²) >= 11 is 0.0236. The van der Waals surface area contributed by atoms with Gasteiger partial charge in [-0.2, -0.15) is 0 Å². The van der Waals surface area contributed by atoms with Crippen LogP contribution in [0, 0.1) is 10.9 Å². The van der Waals surface area contributed by atoms with E-state index in [0.717, 1.165) is 11.0 Å². The van der Waals surface area contributed by atoms with Crippen LogP contribution in [-0.2, 0) is 0 Å². The van der Waals surface area contributed by atoms with Crippen LogP contribution in [0.3, 0.4) is 0 Å². The number of hydrogen-bond acceptors (Lipinski definition) is 1. The van der Waals surface area contributed by atoms with Gasteiger partial charge in [-0.1, -0.05) is 0 Å². The summed E-state index contributed by atoms with van der Waals surface area (Å²) in [7, 11) is 0. The van der Waals surface area contributed by atoms with Crippen LogP contribution in [-0.4, -0.2) is 15.3 Å². The molecule has 100 valence electrons. The first kappa shape index (κ1) is 12.7. The third-order valence-electron chi connectivity index (χ3n) is 3.70. The van der Waals surface area contributed by atoms with E-state index in [2.05, 4.69) is 73.7 Å². The van der Waals surface area contributed by atoms with Crippen LogP contribution >= 0.6 is 0 Å². The Balaban J connectivity index is 1.89. The molecule has 0 fully saturated rings. The average molecular weight is 331 g/mol. The van der Waals surface area contributed by atoms with E-state index < -0.39 is 0 Å². The summed E-state index contributed by atoms with van der Waals surface area (Å²) in [5, 5.41) is 1.16. The number of rotatable bonds is 1. The molecule has 3 aromatic rings. The van der Waals surface area contributed by atoms with Crippen molar-refractivity contribution in [1.29, 1.82) is 0 Å². The average Bonchev–Trinajstić information content (AvgIpc) is 2.53. The Bertz CT molecular complexity index is 943. The first-order valence-corrected chi connectivity index (χ1v) is 8.91. The molecule has 1 aliphatic heterocycles. The van der Waals surface area contributed by atoms with Gasteiger partial charge in [0.05, 0.1) is 0 Å². The van der Waals surface area contributed by atoms with Gasteiger partial charge in [0.2, 0.25) is 0 Å². The topological polar surface area (TPSA) is 12.4 Å². The minimum atomic E-state index is 0.0236. The molecular formula is C19H14AsN. The molecule has 0 radical (unpaired) electrons. The third kappa shape index (κ3) is 2.39. The zero-order valence-electron chi connectivity index (χ0n) is 11.7. The molecule has 3 aromatic carbocycles. The summed E-state index contributed by atoms with van der Waals surface area (Å²) in [5.74, 6) is 0. The van der Waals surface area contributed by atoms with Crippen molar-refractivity contribution in [3.63, 3.8) is 0 Å². The molecule has 1 nitrogen and oxygen atoms in total. The van der Waals surface area contributed by atoms with Crippen LogP contribution in [0.15, 0.2) is 71.7 Å². The molecule has 0 spiro atoms. The summed E-state index contributed by atoms with van der Waals surface area (Å²) < 4.78 is 2.82. The molecule has 0 saturated heterocycles. The minimum absolute atomic E-state index is 0.0236. The van der Waals surface area contributed by atoms with Gasteiger partial charge in [-0.05, 0) is 0 Å². The number of fused-ring (bicyclic) bond motifs is 2. The molecule has 1 heterocycles. The number of hydrogen-bond donors (Lipinski definition) is 0. The predicted molar refractivity (Wildman–Crippen MR) is 88.1 cm³/mol. The van der Waals surface area contributed by atoms with E-state index in [0.29, 0.717) is 0 Å². The summed E-state index contributed by atoms with van der Waals surface area (Å²) in [6.45, 7) is 2.13. The summed E-state index contributed by atoms with van der Waals surface area (Å²) in [4.78, 5) is 4.83. The van der Waals surface area contributed by atoms with Crippen LogP contribution in [0.1, 0.15) is 5.56 Å². The molecule has 0 unspecified atom stereocenters. The normalized spacial score (nSPS) is 12.6. The van der Waals surface area contributed by atoms with Crippen LogP contribution in [0.2, 0.25) is 0 Å². The van der Waals surface area contributed by atoms with Gasteiger partial charge in [-0.15, -0.1) is 0 Å². The fourth-order valence-electron chi connectivity index (χ4n) is 2.59. The first-order valence-electron chi connectivity index (χ1n) is 7.03. The van der Waals surface area contributed by atoms with E-state index in [-0.39, 0.29) is 15.3 Å². The van der Waals surface area contributed by atoms with Gasteiger partial charge in [0.15, 0.2) is 0 Å². The molecule has 1 aliphatic rings. The van der Waals surface area contributed by atoms with Crippen molar-refractivity contribution in [2.24, 2.45) is 4.99 Å². The molecule has 0 N–H and O–H groups in total. The monoisotopic (exact) mass is 331 g/mol. The van der Waals surface area contributed by atoms with Gasteiger partial charge in [-0.25, -0.2) is 0 Å². The number of nitrogens with zero attached hydrogens (tertiary/aromatic N) is 1. The van der Waals surface area contributed by atoms with Crippen molar-refractivity contribution in [3.8, 4) is 11.1 Å². The second kappa shape index (κ2) is 5.09. The van der Waals surface area contributed by atoms with E-state index in [1.807, 2.05) is 0 Å². The molecule has 0 aliphatic carbocycles. The Kier molecular flexibility index (Phi) is 3.09. The zero-order chi connectivity index (χ0) is 14.2. The molecular weight excluding hydrogens is 317 g/mol. The molecule has 0 atom stereocenters. The SMILES string of the molecule is Cc1ccc2c(c1)=Nc1ccc(-c3ccccc3)cc1[As]=2. The second-order valence-corrected chi connectivity index (χ2v) is 7.78. The first-order chi connectivity index (χ1) is 10.3. The van der Waals surface area contributed by atoms with Crippen molar-refractivity contribution in [2.75, 3.05) is 0 Å². The van der Waals surface area contributed by atoms with Crippen molar-refractivity contribution in [1.82, 2.24) is 0 Å². The molecule has 0 amide bonds. The molecule has 2 heteroatoms. The molecule has 4 rings (SSSR count). The van der Waals surface area contributed by atoms with E-state index in [1.54, 1.807) is 0 Å². The Hall–Kier alpha value is -1.98. The Labute approximate surface area is 130 Å². The van der Waals surface area contributed by atoms with Gasteiger partial charge < -0.3 is 0 Å². The van der Waals surface area contributed by atoms with Crippen LogP contribution in [0.4, 0.5) is 5.69 Å². The van der Waals surface area contributed by atoms with Crippen molar-refractivity contribution >= 4 is 25.3 Å². The Morgan fingerprint density at radius 1 is 0.810 bits per heavy atom. The van der Waals surface area contributed by atoms with E-state index >= 15 is 0 Å². The molecule has 0 saturated carbocycles. The van der Waals surface area contributed by atoms with Crippen molar-refractivity contribution < 1.29 is 0 Å². The molecule has 0 bridgehead atoms. The number of aryl methyl sites for hydroxylation is 1. The van der Waals surface area contributed by atoms with Crippen molar-refractivity contribution in [3.05, 3.63) is 81.6 Å². The maximum atomic E-state index is 4.83.